The number of fused-ring (bicyclic) bond motifs is 1. The third kappa shape index (κ3) is 2.11. The maximum absolute atomic E-state index is 13.9. The molecule has 1 heterocycles. The van der Waals surface area contributed by atoms with Crippen LogP contribution < -0.4 is 0 Å². The Morgan fingerprint density at radius 3 is 2.64 bits per heavy atom. The van der Waals surface area contributed by atoms with E-state index in [0.717, 1.165) is 43.5 Å². The average Bonchev–Trinajstić information content (AvgIpc) is 2.68. The van der Waals surface area contributed by atoms with Crippen molar-refractivity contribution in [3.05, 3.63) is 45.6 Å². The number of likely N-dealkylation sites (tertiary alicyclic amines) is 1. The third-order valence-corrected chi connectivity index (χ3v) is 5.66. The molecule has 0 aromatic heterocycles. The van der Waals surface area contributed by atoms with E-state index in [-0.39, 0.29) is 17.2 Å². The molecule has 0 radical (unpaired) electrons. The van der Waals surface area contributed by atoms with Crippen LogP contribution in [0.1, 0.15) is 37.8 Å². The molecule has 22 heavy (non-hydrogen) atoms. The lowest BCUT2D eigenvalue weighted by molar-refractivity contribution is 0.0649. The standard InChI is InChI=1S/C17H23FN4/c1-16(2)11-12-4-5-14(18)10-15(12)17(16,20-21-19)13-6-8-22(3)9-7-13/h4-5,10,13H,6-9,11H2,1-3H3. The van der Waals surface area contributed by atoms with E-state index in [0.29, 0.717) is 0 Å². The minimum atomic E-state index is -0.638. The molecular weight excluding hydrogens is 279 g/mol. The van der Waals surface area contributed by atoms with Crippen molar-refractivity contribution in [2.45, 2.75) is 38.6 Å². The van der Waals surface area contributed by atoms with Crippen LogP contribution in [0.25, 0.3) is 10.4 Å². The van der Waals surface area contributed by atoms with Gasteiger partial charge in [-0.3, -0.25) is 0 Å². The van der Waals surface area contributed by atoms with Crippen LogP contribution >= 0.6 is 0 Å². The molecule has 0 spiro atoms. The Labute approximate surface area is 130 Å². The van der Waals surface area contributed by atoms with E-state index in [2.05, 4.69) is 35.8 Å². The summed E-state index contributed by atoms with van der Waals surface area (Å²) in [5.41, 5.74) is 10.4. The zero-order valence-electron chi connectivity index (χ0n) is 13.5. The predicted octanol–water partition coefficient (Wildman–Crippen LogP) is 4.26. The minimum Gasteiger partial charge on any atom is -0.306 e. The van der Waals surface area contributed by atoms with Crippen molar-refractivity contribution in [2.24, 2.45) is 16.4 Å². The molecule has 1 aromatic rings. The van der Waals surface area contributed by atoms with Gasteiger partial charge in [-0.05, 0) is 79.5 Å². The van der Waals surface area contributed by atoms with Crippen molar-refractivity contribution in [1.82, 2.24) is 4.90 Å². The molecule has 1 aromatic carbocycles. The number of hydrogen-bond acceptors (Lipinski definition) is 2. The van der Waals surface area contributed by atoms with Gasteiger partial charge < -0.3 is 4.90 Å². The lowest BCUT2D eigenvalue weighted by Gasteiger charge is -2.47. The van der Waals surface area contributed by atoms with Crippen LogP contribution in [0.3, 0.4) is 0 Å². The summed E-state index contributed by atoms with van der Waals surface area (Å²) in [6.45, 7) is 6.29. The first-order chi connectivity index (χ1) is 10.4. The van der Waals surface area contributed by atoms with Gasteiger partial charge in [0.25, 0.3) is 0 Å². The highest BCUT2D eigenvalue weighted by molar-refractivity contribution is 5.44. The Morgan fingerprint density at radius 1 is 1.32 bits per heavy atom. The highest BCUT2D eigenvalue weighted by atomic mass is 19.1. The number of halogens is 1. The van der Waals surface area contributed by atoms with E-state index < -0.39 is 5.54 Å². The monoisotopic (exact) mass is 302 g/mol. The molecule has 5 heteroatoms. The number of nitrogens with zero attached hydrogens (tertiary/aromatic N) is 4. The fraction of sp³-hybridized carbons (Fsp3) is 0.647. The normalized spacial score (nSPS) is 28.2. The minimum absolute atomic E-state index is 0.198. The van der Waals surface area contributed by atoms with Crippen LogP contribution in [0.4, 0.5) is 4.39 Å². The predicted molar refractivity (Wildman–Crippen MR) is 84.9 cm³/mol. The quantitative estimate of drug-likeness (QED) is 0.457. The Bertz CT molecular complexity index is 628. The molecule has 1 aliphatic carbocycles. The van der Waals surface area contributed by atoms with E-state index in [1.807, 2.05) is 6.07 Å². The SMILES string of the molecule is CN1CCC(C2(N=[N+]=[N-])c3cc(F)ccc3CC2(C)C)CC1. The van der Waals surface area contributed by atoms with Crippen molar-refractivity contribution in [1.29, 1.82) is 0 Å². The first-order valence-corrected chi connectivity index (χ1v) is 7.94. The topological polar surface area (TPSA) is 52.0 Å². The second-order valence-corrected chi connectivity index (χ2v) is 7.40. The molecular formula is C17H23FN4. The zero-order chi connectivity index (χ0) is 16.0. The van der Waals surface area contributed by atoms with Crippen LogP contribution in [0.5, 0.6) is 0 Å². The number of azide groups is 1. The van der Waals surface area contributed by atoms with Crippen LogP contribution in [0.2, 0.25) is 0 Å². The first kappa shape index (κ1) is 15.3. The molecule has 1 aliphatic heterocycles. The molecule has 0 N–H and O–H groups in total. The van der Waals surface area contributed by atoms with E-state index in [1.54, 1.807) is 6.07 Å². The summed E-state index contributed by atoms with van der Waals surface area (Å²) in [5, 5.41) is 4.33. The summed E-state index contributed by atoms with van der Waals surface area (Å²) in [5.74, 6) is 0.0135. The lowest BCUT2D eigenvalue weighted by atomic mass is 9.63. The highest BCUT2D eigenvalue weighted by Gasteiger charge is 2.56. The Morgan fingerprint density at radius 2 is 2.00 bits per heavy atom. The van der Waals surface area contributed by atoms with Crippen molar-refractivity contribution in [3.8, 4) is 0 Å². The largest absolute Gasteiger partial charge is 0.306 e. The van der Waals surface area contributed by atoms with Gasteiger partial charge in [0.05, 0.1) is 5.54 Å². The number of hydrogen-bond donors (Lipinski definition) is 0. The number of benzene rings is 1. The third-order valence-electron chi connectivity index (χ3n) is 5.66. The summed E-state index contributed by atoms with van der Waals surface area (Å²) in [7, 11) is 2.11. The van der Waals surface area contributed by atoms with Gasteiger partial charge in [0.2, 0.25) is 0 Å². The number of piperidine rings is 1. The fourth-order valence-electron chi connectivity index (χ4n) is 4.57. The smallest absolute Gasteiger partial charge is 0.123 e. The Kier molecular flexibility index (Phi) is 3.66. The molecule has 2 aliphatic rings. The second kappa shape index (κ2) is 5.25. The summed E-state index contributed by atoms with van der Waals surface area (Å²) in [4.78, 5) is 5.50. The molecule has 0 amide bonds. The highest BCUT2D eigenvalue weighted by Crippen LogP contribution is 2.58. The van der Waals surface area contributed by atoms with E-state index in [9.17, 15) is 9.92 Å². The molecule has 1 atom stereocenters. The van der Waals surface area contributed by atoms with Gasteiger partial charge in [0, 0.05) is 4.91 Å². The second-order valence-electron chi connectivity index (χ2n) is 7.40. The van der Waals surface area contributed by atoms with Crippen LogP contribution in [0.15, 0.2) is 23.3 Å². The van der Waals surface area contributed by atoms with Crippen molar-refractivity contribution in [3.63, 3.8) is 0 Å². The van der Waals surface area contributed by atoms with Gasteiger partial charge in [0.1, 0.15) is 5.82 Å². The summed E-state index contributed by atoms with van der Waals surface area (Å²) in [6, 6.07) is 4.96. The van der Waals surface area contributed by atoms with E-state index >= 15 is 0 Å². The Balaban J connectivity index is 2.16. The van der Waals surface area contributed by atoms with E-state index in [1.165, 1.54) is 6.07 Å². The fourth-order valence-corrected chi connectivity index (χ4v) is 4.57. The molecule has 3 rings (SSSR count). The van der Waals surface area contributed by atoms with Gasteiger partial charge in [0.15, 0.2) is 0 Å². The summed E-state index contributed by atoms with van der Waals surface area (Å²) < 4.78 is 13.9. The zero-order valence-corrected chi connectivity index (χ0v) is 13.5. The molecule has 1 unspecified atom stereocenters. The van der Waals surface area contributed by atoms with Crippen LogP contribution in [0, 0.1) is 17.2 Å². The summed E-state index contributed by atoms with van der Waals surface area (Å²) in [6.07, 6.45) is 2.79. The van der Waals surface area contributed by atoms with Gasteiger partial charge >= 0.3 is 0 Å². The van der Waals surface area contributed by atoms with Gasteiger partial charge in [-0.1, -0.05) is 25.0 Å². The number of rotatable bonds is 2. The molecule has 4 nitrogen and oxygen atoms in total. The maximum Gasteiger partial charge on any atom is 0.123 e. The van der Waals surface area contributed by atoms with Crippen LogP contribution in [-0.2, 0) is 12.0 Å². The maximum atomic E-state index is 13.9. The van der Waals surface area contributed by atoms with Gasteiger partial charge in [-0.15, -0.1) is 0 Å². The van der Waals surface area contributed by atoms with Gasteiger partial charge in [-0.2, -0.15) is 0 Å². The van der Waals surface area contributed by atoms with Crippen molar-refractivity contribution < 1.29 is 4.39 Å². The molecule has 0 bridgehead atoms. The molecule has 1 fully saturated rings. The van der Waals surface area contributed by atoms with E-state index in [4.69, 9.17) is 0 Å². The molecule has 0 saturated carbocycles. The molecule has 118 valence electrons. The summed E-state index contributed by atoms with van der Waals surface area (Å²) >= 11 is 0. The first-order valence-electron chi connectivity index (χ1n) is 7.94. The van der Waals surface area contributed by atoms with Crippen LogP contribution in [-0.4, -0.2) is 25.0 Å². The van der Waals surface area contributed by atoms with Crippen molar-refractivity contribution in [2.75, 3.05) is 20.1 Å². The van der Waals surface area contributed by atoms with Crippen molar-refractivity contribution >= 4 is 0 Å². The average molecular weight is 302 g/mol. The van der Waals surface area contributed by atoms with Gasteiger partial charge in [-0.25, -0.2) is 4.39 Å². The lowest BCUT2D eigenvalue weighted by Crippen LogP contribution is -2.47. The molecule has 1 saturated heterocycles. The Hall–Kier alpha value is -1.58.